The minimum atomic E-state index is -0.207. The largest absolute Gasteiger partial charge is 0.495 e. The Balaban J connectivity index is 1.59. The number of amides is 2. The lowest BCUT2D eigenvalue weighted by Gasteiger charge is -2.32. The maximum atomic E-state index is 12.7. The Labute approximate surface area is 147 Å². The fraction of sp³-hybridized carbons (Fsp3) is 0.556. The first-order chi connectivity index (χ1) is 12.2. The Kier molecular flexibility index (Phi) is 5.88. The van der Waals surface area contributed by atoms with Gasteiger partial charge in [-0.25, -0.2) is 0 Å². The van der Waals surface area contributed by atoms with E-state index in [9.17, 15) is 9.59 Å². The number of para-hydroxylation sites is 2. The van der Waals surface area contributed by atoms with Crippen molar-refractivity contribution in [3.63, 3.8) is 0 Å². The number of benzene rings is 1. The summed E-state index contributed by atoms with van der Waals surface area (Å²) in [5.41, 5.74) is 0.644. The third kappa shape index (κ3) is 4.29. The lowest BCUT2D eigenvalue weighted by atomic mass is 10.2. The first kappa shape index (κ1) is 17.7. The van der Waals surface area contributed by atoms with Gasteiger partial charge < -0.3 is 19.7 Å². The normalized spacial score (nSPS) is 21.2. The number of hydrogen-bond donors (Lipinski definition) is 1. The van der Waals surface area contributed by atoms with Crippen molar-refractivity contribution in [2.45, 2.75) is 18.9 Å². The van der Waals surface area contributed by atoms with Crippen LogP contribution in [0.4, 0.5) is 5.69 Å². The first-order valence-electron chi connectivity index (χ1n) is 8.72. The van der Waals surface area contributed by atoms with Crippen molar-refractivity contribution in [3.05, 3.63) is 24.3 Å². The highest BCUT2D eigenvalue weighted by Crippen LogP contribution is 2.24. The van der Waals surface area contributed by atoms with E-state index >= 15 is 0 Å². The summed E-state index contributed by atoms with van der Waals surface area (Å²) in [6, 6.07) is 7.10. The quantitative estimate of drug-likeness (QED) is 0.859. The molecule has 0 bridgehead atoms. The van der Waals surface area contributed by atoms with E-state index in [-0.39, 0.29) is 24.4 Å². The van der Waals surface area contributed by atoms with Crippen molar-refractivity contribution in [1.82, 2.24) is 9.80 Å². The topological polar surface area (TPSA) is 71.1 Å². The lowest BCUT2D eigenvalue weighted by molar-refractivity contribution is -0.140. The highest BCUT2D eigenvalue weighted by molar-refractivity contribution is 5.94. The number of anilines is 1. The molecule has 1 aromatic rings. The van der Waals surface area contributed by atoms with Crippen molar-refractivity contribution in [3.8, 4) is 5.75 Å². The maximum absolute atomic E-state index is 12.7. The van der Waals surface area contributed by atoms with Crippen LogP contribution in [0.5, 0.6) is 5.75 Å². The third-order valence-electron chi connectivity index (χ3n) is 4.70. The van der Waals surface area contributed by atoms with E-state index in [0.717, 1.165) is 19.4 Å². The van der Waals surface area contributed by atoms with Gasteiger partial charge in [-0.2, -0.15) is 0 Å². The van der Waals surface area contributed by atoms with E-state index < -0.39 is 0 Å². The molecule has 2 aliphatic heterocycles. The van der Waals surface area contributed by atoms with Crippen molar-refractivity contribution in [1.29, 1.82) is 0 Å². The predicted molar refractivity (Wildman–Crippen MR) is 93.6 cm³/mol. The second-order valence-electron chi connectivity index (χ2n) is 6.31. The molecule has 136 valence electrons. The van der Waals surface area contributed by atoms with Crippen LogP contribution in [-0.2, 0) is 14.3 Å². The van der Waals surface area contributed by atoms with E-state index in [1.54, 1.807) is 19.2 Å². The van der Waals surface area contributed by atoms with Gasteiger partial charge in [0.2, 0.25) is 11.8 Å². The van der Waals surface area contributed by atoms with Gasteiger partial charge in [0.15, 0.2) is 0 Å². The number of ether oxygens (including phenoxy) is 2. The SMILES string of the molecule is COc1ccccc1NC(=O)CN1CCCC1C(=O)N1CCOCC1. The minimum Gasteiger partial charge on any atom is -0.495 e. The van der Waals surface area contributed by atoms with E-state index in [0.29, 0.717) is 37.7 Å². The van der Waals surface area contributed by atoms with E-state index in [2.05, 4.69) is 5.32 Å². The third-order valence-corrected chi connectivity index (χ3v) is 4.70. The van der Waals surface area contributed by atoms with Crippen molar-refractivity contribution in [2.75, 3.05) is 51.8 Å². The molecule has 1 unspecified atom stereocenters. The molecule has 25 heavy (non-hydrogen) atoms. The molecule has 1 N–H and O–H groups in total. The fourth-order valence-electron chi connectivity index (χ4n) is 3.41. The molecule has 3 rings (SSSR count). The molecule has 7 nitrogen and oxygen atoms in total. The highest BCUT2D eigenvalue weighted by Gasteiger charge is 2.35. The van der Waals surface area contributed by atoms with Crippen LogP contribution in [-0.4, -0.2) is 74.2 Å². The highest BCUT2D eigenvalue weighted by atomic mass is 16.5. The van der Waals surface area contributed by atoms with E-state index in [1.807, 2.05) is 21.9 Å². The van der Waals surface area contributed by atoms with Crippen LogP contribution in [0.1, 0.15) is 12.8 Å². The number of hydrogen-bond acceptors (Lipinski definition) is 5. The second kappa shape index (κ2) is 8.31. The minimum absolute atomic E-state index is 0.117. The van der Waals surface area contributed by atoms with Crippen LogP contribution in [0.25, 0.3) is 0 Å². The van der Waals surface area contributed by atoms with Gasteiger partial charge in [0, 0.05) is 13.1 Å². The first-order valence-corrected chi connectivity index (χ1v) is 8.72. The van der Waals surface area contributed by atoms with Crippen LogP contribution in [0.3, 0.4) is 0 Å². The number of likely N-dealkylation sites (tertiary alicyclic amines) is 1. The maximum Gasteiger partial charge on any atom is 0.240 e. The van der Waals surface area contributed by atoms with Gasteiger partial charge in [0.25, 0.3) is 0 Å². The van der Waals surface area contributed by atoms with Gasteiger partial charge in [0.1, 0.15) is 5.75 Å². The standard InChI is InChI=1S/C18H25N3O4/c1-24-16-7-3-2-5-14(16)19-17(22)13-21-8-4-6-15(21)18(23)20-9-11-25-12-10-20/h2-3,5,7,15H,4,6,8-13H2,1H3,(H,19,22). The van der Waals surface area contributed by atoms with Crippen LogP contribution >= 0.6 is 0 Å². The monoisotopic (exact) mass is 347 g/mol. The molecular weight excluding hydrogens is 322 g/mol. The summed E-state index contributed by atoms with van der Waals surface area (Å²) in [6.45, 7) is 3.42. The summed E-state index contributed by atoms with van der Waals surface area (Å²) in [6.07, 6.45) is 1.74. The average Bonchev–Trinajstić information content (AvgIpc) is 3.10. The Hall–Kier alpha value is -2.12. The van der Waals surface area contributed by atoms with Gasteiger partial charge in [-0.05, 0) is 31.5 Å². The summed E-state index contributed by atoms with van der Waals surface area (Å²) in [4.78, 5) is 29.0. The molecule has 2 fully saturated rings. The van der Waals surface area contributed by atoms with Crippen LogP contribution in [0.2, 0.25) is 0 Å². The number of methoxy groups -OCH3 is 1. The Morgan fingerprint density at radius 3 is 2.76 bits per heavy atom. The molecule has 0 aliphatic carbocycles. The van der Waals surface area contributed by atoms with Crippen molar-refractivity contribution < 1.29 is 19.1 Å². The zero-order valence-electron chi connectivity index (χ0n) is 14.6. The number of morpholine rings is 1. The van der Waals surface area contributed by atoms with Crippen LogP contribution in [0, 0.1) is 0 Å². The number of carbonyl (C=O) groups excluding carboxylic acids is 2. The molecule has 0 saturated carbocycles. The summed E-state index contributed by atoms with van der Waals surface area (Å²) >= 11 is 0. The number of carbonyl (C=O) groups is 2. The van der Waals surface area contributed by atoms with Gasteiger partial charge in [-0.1, -0.05) is 12.1 Å². The molecule has 1 aromatic carbocycles. The van der Waals surface area contributed by atoms with Gasteiger partial charge in [-0.3, -0.25) is 14.5 Å². The Bertz CT molecular complexity index is 616. The summed E-state index contributed by atoms with van der Waals surface area (Å²) in [5.74, 6) is 0.607. The van der Waals surface area contributed by atoms with Crippen LogP contribution in [0.15, 0.2) is 24.3 Å². The van der Waals surface area contributed by atoms with Gasteiger partial charge in [0.05, 0.1) is 38.6 Å². The Morgan fingerprint density at radius 1 is 1.24 bits per heavy atom. The number of nitrogens with zero attached hydrogens (tertiary/aromatic N) is 2. The predicted octanol–water partition coefficient (Wildman–Crippen LogP) is 0.957. The van der Waals surface area contributed by atoms with Crippen molar-refractivity contribution in [2.24, 2.45) is 0 Å². The van der Waals surface area contributed by atoms with Gasteiger partial charge >= 0.3 is 0 Å². The molecule has 2 amide bonds. The van der Waals surface area contributed by atoms with Crippen LogP contribution < -0.4 is 10.1 Å². The zero-order chi connectivity index (χ0) is 17.6. The summed E-state index contributed by atoms with van der Waals surface area (Å²) in [7, 11) is 1.57. The molecule has 2 heterocycles. The lowest BCUT2D eigenvalue weighted by Crippen LogP contribution is -2.50. The Morgan fingerprint density at radius 2 is 2.00 bits per heavy atom. The number of nitrogens with one attached hydrogen (secondary N) is 1. The zero-order valence-corrected chi connectivity index (χ0v) is 14.6. The molecular formula is C18H25N3O4. The average molecular weight is 347 g/mol. The van der Waals surface area contributed by atoms with Crippen molar-refractivity contribution >= 4 is 17.5 Å². The molecule has 2 aliphatic rings. The molecule has 0 aromatic heterocycles. The molecule has 7 heteroatoms. The smallest absolute Gasteiger partial charge is 0.240 e. The van der Waals surface area contributed by atoms with Gasteiger partial charge in [-0.15, -0.1) is 0 Å². The molecule has 0 radical (unpaired) electrons. The molecule has 1 atom stereocenters. The van der Waals surface area contributed by atoms with E-state index in [4.69, 9.17) is 9.47 Å². The molecule has 2 saturated heterocycles. The fourth-order valence-corrected chi connectivity index (χ4v) is 3.41. The summed E-state index contributed by atoms with van der Waals surface area (Å²) in [5, 5.41) is 2.88. The number of rotatable bonds is 5. The summed E-state index contributed by atoms with van der Waals surface area (Å²) < 4.78 is 10.6. The second-order valence-corrected chi connectivity index (χ2v) is 6.31. The van der Waals surface area contributed by atoms with E-state index in [1.165, 1.54) is 0 Å². The molecule has 0 spiro atoms.